The third-order valence-electron chi connectivity index (χ3n) is 4.43. The van der Waals surface area contributed by atoms with E-state index >= 15 is 0 Å². The summed E-state index contributed by atoms with van der Waals surface area (Å²) in [7, 11) is 0. The van der Waals surface area contributed by atoms with E-state index in [1.807, 2.05) is 31.2 Å². The maximum atomic E-state index is 14.0. The smallest absolute Gasteiger partial charge is 0.164 e. The van der Waals surface area contributed by atoms with Gasteiger partial charge in [-0.25, -0.2) is 9.37 Å². The summed E-state index contributed by atoms with van der Waals surface area (Å²) in [5.74, 6) is 0.651. The number of anilines is 2. The molecule has 2 heterocycles. The number of aryl methyl sites for hydroxylation is 1. The van der Waals surface area contributed by atoms with Crippen molar-refractivity contribution in [2.45, 2.75) is 20.3 Å². The fraction of sp³-hybridized carbons (Fsp3) is 0.368. The Balaban J connectivity index is 1.66. The molecule has 0 spiro atoms. The predicted molar refractivity (Wildman–Crippen MR) is 94.2 cm³/mol. The van der Waals surface area contributed by atoms with Crippen LogP contribution in [0.4, 0.5) is 15.9 Å². The molecular weight excluding hydrogens is 305 g/mol. The average Bonchev–Trinajstić information content (AvgIpc) is 3.01. The van der Waals surface area contributed by atoms with Gasteiger partial charge in [0.2, 0.25) is 0 Å². The SMILES string of the molecule is CC(=O)c1c(F)cccc1N1CC[C@@H](CNc2cccc(C)n2)C1. The number of halogens is 1. The van der Waals surface area contributed by atoms with Gasteiger partial charge in [-0.3, -0.25) is 4.79 Å². The van der Waals surface area contributed by atoms with Crippen LogP contribution in [0, 0.1) is 18.7 Å². The highest BCUT2D eigenvalue weighted by molar-refractivity contribution is 6.00. The van der Waals surface area contributed by atoms with E-state index in [1.54, 1.807) is 6.07 Å². The Bertz CT molecular complexity index is 747. The van der Waals surface area contributed by atoms with Crippen LogP contribution in [-0.2, 0) is 0 Å². The minimum absolute atomic E-state index is 0.200. The molecule has 24 heavy (non-hydrogen) atoms. The molecule has 2 aromatic rings. The van der Waals surface area contributed by atoms with Crippen LogP contribution in [0.3, 0.4) is 0 Å². The fourth-order valence-corrected chi connectivity index (χ4v) is 3.23. The van der Waals surface area contributed by atoms with E-state index in [2.05, 4.69) is 15.2 Å². The fourth-order valence-electron chi connectivity index (χ4n) is 3.23. The number of carbonyl (C=O) groups is 1. The zero-order valence-electron chi connectivity index (χ0n) is 14.1. The molecule has 0 amide bonds. The molecule has 1 aromatic carbocycles. The topological polar surface area (TPSA) is 45.2 Å². The zero-order valence-corrected chi connectivity index (χ0v) is 14.1. The monoisotopic (exact) mass is 327 g/mol. The summed E-state index contributed by atoms with van der Waals surface area (Å²) in [5.41, 5.74) is 1.89. The summed E-state index contributed by atoms with van der Waals surface area (Å²) >= 11 is 0. The molecule has 1 N–H and O–H groups in total. The second-order valence-corrected chi connectivity index (χ2v) is 6.34. The molecule has 0 radical (unpaired) electrons. The summed E-state index contributed by atoms with van der Waals surface area (Å²) in [4.78, 5) is 18.3. The van der Waals surface area contributed by atoms with Crippen molar-refractivity contribution in [3.63, 3.8) is 0 Å². The van der Waals surface area contributed by atoms with E-state index in [0.717, 1.165) is 37.6 Å². The van der Waals surface area contributed by atoms with Gasteiger partial charge in [-0.05, 0) is 50.5 Å². The zero-order chi connectivity index (χ0) is 17.1. The Hall–Kier alpha value is -2.43. The van der Waals surface area contributed by atoms with Crippen LogP contribution >= 0.6 is 0 Å². The molecule has 1 atom stereocenters. The summed E-state index contributed by atoms with van der Waals surface area (Å²) in [5, 5.41) is 3.37. The number of carbonyl (C=O) groups excluding carboxylic acids is 1. The predicted octanol–water partition coefficient (Wildman–Crippen LogP) is 3.67. The van der Waals surface area contributed by atoms with Crippen molar-refractivity contribution in [3.8, 4) is 0 Å². The Morgan fingerprint density at radius 1 is 1.33 bits per heavy atom. The molecule has 1 aliphatic rings. The van der Waals surface area contributed by atoms with Crippen molar-refractivity contribution in [1.82, 2.24) is 4.98 Å². The quantitative estimate of drug-likeness (QED) is 0.851. The van der Waals surface area contributed by atoms with Gasteiger partial charge in [0.1, 0.15) is 11.6 Å². The largest absolute Gasteiger partial charge is 0.371 e. The molecule has 0 bridgehead atoms. The van der Waals surface area contributed by atoms with Gasteiger partial charge in [0.15, 0.2) is 5.78 Å². The Morgan fingerprint density at radius 3 is 2.88 bits per heavy atom. The highest BCUT2D eigenvalue weighted by atomic mass is 19.1. The van der Waals surface area contributed by atoms with Gasteiger partial charge in [0, 0.05) is 25.3 Å². The number of Topliss-reactive ketones (excluding diaryl/α,β-unsaturated/α-hetero) is 1. The molecule has 0 unspecified atom stereocenters. The normalized spacial score (nSPS) is 17.1. The molecule has 0 saturated carbocycles. The number of nitrogens with one attached hydrogen (secondary N) is 1. The van der Waals surface area contributed by atoms with E-state index in [4.69, 9.17) is 0 Å². The maximum absolute atomic E-state index is 14.0. The first kappa shape index (κ1) is 16.4. The molecule has 1 fully saturated rings. The Morgan fingerprint density at radius 2 is 2.12 bits per heavy atom. The van der Waals surface area contributed by atoms with E-state index in [1.165, 1.54) is 13.0 Å². The van der Waals surface area contributed by atoms with Gasteiger partial charge >= 0.3 is 0 Å². The minimum Gasteiger partial charge on any atom is -0.371 e. The van der Waals surface area contributed by atoms with Crippen molar-refractivity contribution in [2.75, 3.05) is 29.9 Å². The summed E-state index contributed by atoms with van der Waals surface area (Å²) in [6.07, 6.45) is 1.01. The minimum atomic E-state index is -0.439. The number of hydrogen-bond acceptors (Lipinski definition) is 4. The molecule has 3 rings (SSSR count). The Kier molecular flexibility index (Phi) is 4.79. The van der Waals surface area contributed by atoms with Crippen molar-refractivity contribution < 1.29 is 9.18 Å². The molecule has 1 saturated heterocycles. The van der Waals surface area contributed by atoms with E-state index in [0.29, 0.717) is 11.6 Å². The first-order valence-corrected chi connectivity index (χ1v) is 8.26. The molecular formula is C19H22FN3O. The molecule has 4 nitrogen and oxygen atoms in total. The molecule has 5 heteroatoms. The van der Waals surface area contributed by atoms with Crippen LogP contribution in [-0.4, -0.2) is 30.4 Å². The number of benzene rings is 1. The Labute approximate surface area is 141 Å². The van der Waals surface area contributed by atoms with Gasteiger partial charge in [-0.2, -0.15) is 0 Å². The van der Waals surface area contributed by atoms with Gasteiger partial charge in [0.25, 0.3) is 0 Å². The van der Waals surface area contributed by atoms with Gasteiger partial charge in [-0.1, -0.05) is 12.1 Å². The highest BCUT2D eigenvalue weighted by Gasteiger charge is 2.26. The second-order valence-electron chi connectivity index (χ2n) is 6.34. The van der Waals surface area contributed by atoms with Gasteiger partial charge < -0.3 is 10.2 Å². The second kappa shape index (κ2) is 6.99. The average molecular weight is 327 g/mol. The highest BCUT2D eigenvalue weighted by Crippen LogP contribution is 2.29. The van der Waals surface area contributed by atoms with E-state index in [9.17, 15) is 9.18 Å². The first-order valence-electron chi connectivity index (χ1n) is 8.26. The van der Waals surface area contributed by atoms with Crippen molar-refractivity contribution in [2.24, 2.45) is 5.92 Å². The van der Waals surface area contributed by atoms with Crippen LogP contribution in [0.2, 0.25) is 0 Å². The lowest BCUT2D eigenvalue weighted by Crippen LogP contribution is -2.24. The van der Waals surface area contributed by atoms with Crippen LogP contribution < -0.4 is 10.2 Å². The summed E-state index contributed by atoms with van der Waals surface area (Å²) < 4.78 is 14.0. The number of ketones is 1. The number of pyridine rings is 1. The number of hydrogen-bond donors (Lipinski definition) is 1. The third kappa shape index (κ3) is 3.55. The summed E-state index contributed by atoms with van der Waals surface area (Å²) in [6, 6.07) is 10.8. The summed E-state index contributed by atoms with van der Waals surface area (Å²) in [6.45, 7) is 5.84. The van der Waals surface area contributed by atoms with E-state index in [-0.39, 0.29) is 11.3 Å². The lowest BCUT2D eigenvalue weighted by atomic mass is 10.1. The van der Waals surface area contributed by atoms with Crippen LogP contribution in [0.15, 0.2) is 36.4 Å². The lowest BCUT2D eigenvalue weighted by Gasteiger charge is -2.21. The molecule has 0 aliphatic carbocycles. The van der Waals surface area contributed by atoms with Crippen LogP contribution in [0.1, 0.15) is 29.4 Å². The van der Waals surface area contributed by atoms with Gasteiger partial charge in [0.05, 0.1) is 11.3 Å². The van der Waals surface area contributed by atoms with Crippen LogP contribution in [0.5, 0.6) is 0 Å². The molecule has 126 valence electrons. The lowest BCUT2D eigenvalue weighted by molar-refractivity contribution is 0.101. The molecule has 1 aromatic heterocycles. The van der Waals surface area contributed by atoms with Crippen molar-refractivity contribution in [3.05, 3.63) is 53.5 Å². The van der Waals surface area contributed by atoms with Crippen molar-refractivity contribution >= 4 is 17.3 Å². The van der Waals surface area contributed by atoms with E-state index < -0.39 is 5.82 Å². The van der Waals surface area contributed by atoms with Gasteiger partial charge in [-0.15, -0.1) is 0 Å². The molecule has 1 aliphatic heterocycles. The van der Waals surface area contributed by atoms with Crippen molar-refractivity contribution in [1.29, 1.82) is 0 Å². The van der Waals surface area contributed by atoms with Crippen LogP contribution in [0.25, 0.3) is 0 Å². The number of nitrogens with zero attached hydrogens (tertiary/aromatic N) is 2. The maximum Gasteiger partial charge on any atom is 0.164 e. The number of aromatic nitrogens is 1. The third-order valence-corrected chi connectivity index (χ3v) is 4.43. The standard InChI is InChI=1S/C19H22FN3O/c1-13-5-3-8-18(22-13)21-11-15-9-10-23(12-15)17-7-4-6-16(20)19(17)14(2)24/h3-8,15H,9-12H2,1-2H3,(H,21,22)/t15-/m0/s1. The first-order chi connectivity index (χ1) is 11.5. The number of rotatable bonds is 5.